The predicted octanol–water partition coefficient (Wildman–Crippen LogP) is 2.58. The standard InChI is InChI=1S/C18H19NO4/c1-22-16-4-3-11-13-8-19(9-14(11)18(16)21)7-10-5-15(20)17(23-2)6-12(10)13/h3-6,13,20-21H,7-9H2,1-2H3/t13-/m0/s1. The van der Waals surface area contributed by atoms with Crippen molar-refractivity contribution in [3.63, 3.8) is 0 Å². The van der Waals surface area contributed by atoms with Crippen molar-refractivity contribution in [2.45, 2.75) is 19.0 Å². The molecule has 0 aromatic heterocycles. The second-order valence-corrected chi connectivity index (χ2v) is 6.13. The van der Waals surface area contributed by atoms with Gasteiger partial charge in [-0.1, -0.05) is 6.07 Å². The summed E-state index contributed by atoms with van der Waals surface area (Å²) in [6.07, 6.45) is 0. The summed E-state index contributed by atoms with van der Waals surface area (Å²) in [6, 6.07) is 7.56. The number of hydrogen-bond acceptors (Lipinski definition) is 5. The zero-order chi connectivity index (χ0) is 16.1. The van der Waals surface area contributed by atoms with Crippen LogP contribution < -0.4 is 9.47 Å². The molecular weight excluding hydrogens is 294 g/mol. The summed E-state index contributed by atoms with van der Waals surface area (Å²) in [5.41, 5.74) is 4.31. The Hall–Kier alpha value is -2.40. The fourth-order valence-corrected chi connectivity index (χ4v) is 3.81. The maximum Gasteiger partial charge on any atom is 0.162 e. The van der Waals surface area contributed by atoms with E-state index in [0.29, 0.717) is 18.0 Å². The fourth-order valence-electron chi connectivity index (χ4n) is 3.81. The van der Waals surface area contributed by atoms with Gasteiger partial charge >= 0.3 is 0 Å². The maximum absolute atomic E-state index is 10.5. The summed E-state index contributed by atoms with van der Waals surface area (Å²) in [4.78, 5) is 2.28. The third kappa shape index (κ3) is 2.04. The first-order chi connectivity index (χ1) is 11.1. The van der Waals surface area contributed by atoms with Crippen LogP contribution >= 0.6 is 0 Å². The summed E-state index contributed by atoms with van der Waals surface area (Å²) in [6.45, 7) is 2.33. The number of benzene rings is 2. The first-order valence-electron chi connectivity index (χ1n) is 7.63. The molecule has 4 rings (SSSR count). The third-order valence-electron chi connectivity index (χ3n) is 4.91. The normalized spacial score (nSPS) is 21.3. The number of hydrogen-bond donors (Lipinski definition) is 2. The van der Waals surface area contributed by atoms with Crippen LogP contribution in [-0.4, -0.2) is 35.9 Å². The van der Waals surface area contributed by atoms with Crippen molar-refractivity contribution in [3.05, 3.63) is 46.5 Å². The molecule has 0 fully saturated rings. The SMILES string of the molecule is COc1cc2c(cc1O)CN1Cc3c(ccc(OC)c3O)[C@@H]2C1. The van der Waals surface area contributed by atoms with Crippen LogP contribution in [0.5, 0.6) is 23.0 Å². The molecule has 23 heavy (non-hydrogen) atoms. The number of phenolic OH excluding ortho intramolecular Hbond substituents is 2. The predicted molar refractivity (Wildman–Crippen MR) is 85.3 cm³/mol. The molecule has 2 atom stereocenters. The summed E-state index contributed by atoms with van der Waals surface area (Å²) < 4.78 is 10.5. The smallest absolute Gasteiger partial charge is 0.162 e. The molecule has 0 amide bonds. The Morgan fingerprint density at radius 3 is 2.52 bits per heavy atom. The van der Waals surface area contributed by atoms with E-state index in [1.54, 1.807) is 20.3 Å². The van der Waals surface area contributed by atoms with Gasteiger partial charge in [-0.3, -0.25) is 4.90 Å². The van der Waals surface area contributed by atoms with Crippen LogP contribution in [0.2, 0.25) is 0 Å². The van der Waals surface area contributed by atoms with Crippen molar-refractivity contribution in [2.24, 2.45) is 0 Å². The number of phenols is 2. The summed E-state index contributed by atoms with van der Waals surface area (Å²) >= 11 is 0. The summed E-state index contributed by atoms with van der Waals surface area (Å²) in [7, 11) is 3.12. The van der Waals surface area contributed by atoms with E-state index in [0.717, 1.165) is 35.3 Å². The molecule has 2 bridgehead atoms. The van der Waals surface area contributed by atoms with Gasteiger partial charge in [-0.25, -0.2) is 0 Å². The van der Waals surface area contributed by atoms with Crippen LogP contribution in [0.4, 0.5) is 0 Å². The van der Waals surface area contributed by atoms with E-state index in [2.05, 4.69) is 4.90 Å². The van der Waals surface area contributed by atoms with Gasteiger partial charge in [-0.05, 0) is 34.9 Å². The van der Waals surface area contributed by atoms with Crippen molar-refractivity contribution in [3.8, 4) is 23.0 Å². The Morgan fingerprint density at radius 1 is 1.00 bits per heavy atom. The third-order valence-corrected chi connectivity index (χ3v) is 4.91. The van der Waals surface area contributed by atoms with Crippen LogP contribution in [0.25, 0.3) is 0 Å². The molecular formula is C18H19NO4. The second kappa shape index (κ2) is 5.06. The summed E-state index contributed by atoms with van der Waals surface area (Å²) in [5.74, 6) is 1.56. The minimum absolute atomic E-state index is 0.161. The van der Waals surface area contributed by atoms with E-state index < -0.39 is 0 Å². The number of fused-ring (bicyclic) bond motifs is 6. The topological polar surface area (TPSA) is 62.2 Å². The zero-order valence-electron chi connectivity index (χ0n) is 13.2. The van der Waals surface area contributed by atoms with Crippen molar-refractivity contribution >= 4 is 0 Å². The van der Waals surface area contributed by atoms with E-state index in [4.69, 9.17) is 9.47 Å². The molecule has 5 nitrogen and oxygen atoms in total. The Kier molecular flexibility index (Phi) is 3.13. The van der Waals surface area contributed by atoms with Crippen molar-refractivity contribution < 1.29 is 19.7 Å². The van der Waals surface area contributed by atoms with E-state index in [1.165, 1.54) is 0 Å². The monoisotopic (exact) mass is 313 g/mol. The van der Waals surface area contributed by atoms with Crippen molar-refractivity contribution in [2.75, 3.05) is 20.8 Å². The molecule has 0 saturated carbocycles. The minimum Gasteiger partial charge on any atom is -0.504 e. The van der Waals surface area contributed by atoms with Gasteiger partial charge in [-0.2, -0.15) is 0 Å². The molecule has 2 aromatic rings. The highest BCUT2D eigenvalue weighted by Crippen LogP contribution is 2.47. The molecule has 1 unspecified atom stereocenters. The molecule has 2 N–H and O–H groups in total. The van der Waals surface area contributed by atoms with Gasteiger partial charge in [0.1, 0.15) is 0 Å². The van der Waals surface area contributed by atoms with Gasteiger partial charge in [0.25, 0.3) is 0 Å². The molecule has 0 saturated heterocycles. The van der Waals surface area contributed by atoms with E-state index in [1.807, 2.05) is 18.2 Å². The van der Waals surface area contributed by atoms with Gasteiger partial charge in [-0.15, -0.1) is 0 Å². The van der Waals surface area contributed by atoms with Gasteiger partial charge in [0.05, 0.1) is 14.2 Å². The number of methoxy groups -OCH3 is 2. The van der Waals surface area contributed by atoms with Gasteiger partial charge < -0.3 is 19.7 Å². The lowest BCUT2D eigenvalue weighted by atomic mass is 9.79. The average molecular weight is 313 g/mol. The Bertz CT molecular complexity index is 787. The second-order valence-electron chi connectivity index (χ2n) is 6.13. The Labute approximate surface area is 134 Å². The highest BCUT2D eigenvalue weighted by atomic mass is 16.5. The molecule has 0 spiro atoms. The maximum atomic E-state index is 10.5. The number of aromatic hydroxyl groups is 2. The molecule has 5 heteroatoms. The zero-order valence-corrected chi connectivity index (χ0v) is 13.2. The Morgan fingerprint density at radius 2 is 1.78 bits per heavy atom. The van der Waals surface area contributed by atoms with Gasteiger partial charge in [0.2, 0.25) is 0 Å². The van der Waals surface area contributed by atoms with Crippen molar-refractivity contribution in [1.82, 2.24) is 4.90 Å². The quantitative estimate of drug-likeness (QED) is 0.892. The highest BCUT2D eigenvalue weighted by molar-refractivity contribution is 5.58. The number of nitrogens with zero attached hydrogens (tertiary/aromatic N) is 1. The lowest BCUT2D eigenvalue weighted by molar-refractivity contribution is 0.209. The fraction of sp³-hybridized carbons (Fsp3) is 0.333. The molecule has 2 aromatic carbocycles. The van der Waals surface area contributed by atoms with Crippen LogP contribution in [0.1, 0.15) is 28.2 Å². The number of rotatable bonds is 2. The first kappa shape index (κ1) is 14.2. The van der Waals surface area contributed by atoms with Gasteiger partial charge in [0, 0.05) is 31.1 Å². The summed E-state index contributed by atoms with van der Waals surface area (Å²) in [5, 5.41) is 20.5. The molecule has 0 radical (unpaired) electrons. The molecule has 0 aliphatic carbocycles. The van der Waals surface area contributed by atoms with E-state index in [9.17, 15) is 10.2 Å². The van der Waals surface area contributed by atoms with E-state index in [-0.39, 0.29) is 17.4 Å². The lowest BCUT2D eigenvalue weighted by Crippen LogP contribution is -2.38. The largest absolute Gasteiger partial charge is 0.504 e. The lowest BCUT2D eigenvalue weighted by Gasteiger charge is -2.41. The minimum atomic E-state index is 0.161. The van der Waals surface area contributed by atoms with Crippen LogP contribution in [-0.2, 0) is 13.1 Å². The molecule has 2 aliphatic heterocycles. The highest BCUT2D eigenvalue weighted by Gasteiger charge is 2.35. The van der Waals surface area contributed by atoms with Crippen molar-refractivity contribution in [1.29, 1.82) is 0 Å². The number of ether oxygens (including phenoxy) is 2. The van der Waals surface area contributed by atoms with Crippen LogP contribution in [0.15, 0.2) is 24.3 Å². The Balaban J connectivity index is 1.89. The molecule has 2 aliphatic rings. The van der Waals surface area contributed by atoms with Crippen LogP contribution in [0, 0.1) is 0 Å². The van der Waals surface area contributed by atoms with Crippen LogP contribution in [0.3, 0.4) is 0 Å². The van der Waals surface area contributed by atoms with E-state index >= 15 is 0 Å². The molecule has 120 valence electrons. The first-order valence-corrected chi connectivity index (χ1v) is 7.63. The molecule has 2 heterocycles. The van der Waals surface area contributed by atoms with Gasteiger partial charge in [0.15, 0.2) is 23.0 Å². The average Bonchev–Trinajstić information content (AvgIpc) is 2.55.